The first kappa shape index (κ1) is 17.5. The van der Waals surface area contributed by atoms with Gasteiger partial charge in [-0.05, 0) is 36.5 Å². The topological polar surface area (TPSA) is 104 Å². The average Bonchev–Trinajstić information content (AvgIpc) is 3.32. The van der Waals surface area contributed by atoms with Crippen LogP contribution >= 0.6 is 23.8 Å². The summed E-state index contributed by atoms with van der Waals surface area (Å²) >= 11 is 11.3. The number of aromatic amines is 2. The highest BCUT2D eigenvalue weighted by Gasteiger charge is 2.20. The van der Waals surface area contributed by atoms with E-state index in [1.807, 2.05) is 18.2 Å². The fourth-order valence-corrected chi connectivity index (χ4v) is 3.45. The van der Waals surface area contributed by atoms with Gasteiger partial charge in [0.05, 0.1) is 11.1 Å². The van der Waals surface area contributed by atoms with Gasteiger partial charge in [-0.25, -0.2) is 14.5 Å². The normalized spacial score (nSPS) is 11.2. The number of hydrogen-bond acceptors (Lipinski definition) is 5. The van der Waals surface area contributed by atoms with Crippen molar-refractivity contribution in [3.63, 3.8) is 0 Å². The highest BCUT2D eigenvalue weighted by atomic mass is 35.5. The molecule has 0 atom stereocenters. The second-order valence-corrected chi connectivity index (χ2v) is 7.07. The molecule has 3 heterocycles. The van der Waals surface area contributed by atoms with E-state index in [1.54, 1.807) is 40.8 Å². The van der Waals surface area contributed by atoms with Gasteiger partial charge < -0.3 is 5.32 Å². The molecule has 5 rings (SSSR count). The van der Waals surface area contributed by atoms with Crippen LogP contribution in [0, 0.1) is 4.77 Å². The predicted molar refractivity (Wildman–Crippen MR) is 113 cm³/mol. The summed E-state index contributed by atoms with van der Waals surface area (Å²) in [4.78, 5) is 17.3. The zero-order valence-electron chi connectivity index (χ0n) is 14.7. The van der Waals surface area contributed by atoms with Crippen LogP contribution in [0.5, 0.6) is 0 Å². The van der Waals surface area contributed by atoms with Crippen LogP contribution in [0.3, 0.4) is 0 Å². The molecule has 5 aromatic rings. The third-order valence-electron chi connectivity index (χ3n) is 4.45. The Labute approximate surface area is 173 Å². The number of amides is 1. The number of nitrogens with zero attached hydrogens (tertiary/aromatic N) is 4. The van der Waals surface area contributed by atoms with Crippen molar-refractivity contribution >= 4 is 52.4 Å². The third kappa shape index (κ3) is 2.96. The first-order chi connectivity index (χ1) is 14.1. The molecule has 0 radical (unpaired) electrons. The number of nitrogens with one attached hydrogen (secondary N) is 3. The van der Waals surface area contributed by atoms with Crippen molar-refractivity contribution in [2.75, 3.05) is 5.32 Å². The van der Waals surface area contributed by atoms with Gasteiger partial charge in [0, 0.05) is 16.1 Å². The number of hydrogen-bond donors (Lipinski definition) is 3. The average molecular weight is 422 g/mol. The van der Waals surface area contributed by atoms with Gasteiger partial charge in [-0.1, -0.05) is 41.9 Å². The van der Waals surface area contributed by atoms with Crippen LogP contribution in [-0.2, 0) is 0 Å². The van der Waals surface area contributed by atoms with Crippen molar-refractivity contribution in [1.82, 2.24) is 29.8 Å². The van der Waals surface area contributed by atoms with E-state index in [-0.39, 0.29) is 5.91 Å². The molecule has 0 aliphatic heterocycles. The van der Waals surface area contributed by atoms with Gasteiger partial charge in [0.25, 0.3) is 11.7 Å². The molecule has 0 saturated heterocycles. The van der Waals surface area contributed by atoms with Gasteiger partial charge in [0.2, 0.25) is 4.77 Å². The van der Waals surface area contributed by atoms with Crippen LogP contribution in [0.2, 0.25) is 5.02 Å². The lowest BCUT2D eigenvalue weighted by molar-refractivity contribution is 0.102. The standard InChI is InChI=1S/C19H12ClN7OS/c20-12-8-6-10(7-9-12)14-13-15(22-17(28)11-4-2-1-3-5-11)23-24-16(13)27-18(21-14)25-26-19(27)29/h1-9H,(H,26,29)(H2,22,23,24,28). The van der Waals surface area contributed by atoms with Gasteiger partial charge in [0.15, 0.2) is 5.65 Å². The summed E-state index contributed by atoms with van der Waals surface area (Å²) in [6.45, 7) is 0. The largest absolute Gasteiger partial charge is 0.306 e. The first-order valence-electron chi connectivity index (χ1n) is 8.59. The fourth-order valence-electron chi connectivity index (χ4n) is 3.11. The van der Waals surface area contributed by atoms with Crippen LogP contribution in [0.4, 0.5) is 5.82 Å². The van der Waals surface area contributed by atoms with Crippen LogP contribution in [0.15, 0.2) is 54.6 Å². The Hall–Kier alpha value is -3.56. The third-order valence-corrected chi connectivity index (χ3v) is 4.98. The van der Waals surface area contributed by atoms with E-state index in [4.69, 9.17) is 23.8 Å². The number of halogens is 1. The Bertz CT molecular complexity index is 1420. The molecule has 0 fully saturated rings. The predicted octanol–water partition coefficient (Wildman–Crippen LogP) is 4.24. The fraction of sp³-hybridized carbons (Fsp3) is 0. The number of benzene rings is 2. The molecule has 0 bridgehead atoms. The monoisotopic (exact) mass is 421 g/mol. The Morgan fingerprint density at radius 2 is 1.79 bits per heavy atom. The van der Waals surface area contributed by atoms with Gasteiger partial charge in [-0.2, -0.15) is 5.10 Å². The van der Waals surface area contributed by atoms with Crippen molar-refractivity contribution in [1.29, 1.82) is 0 Å². The molecule has 2 aromatic carbocycles. The number of fused-ring (bicyclic) bond motifs is 3. The van der Waals surface area contributed by atoms with Crippen molar-refractivity contribution in [2.45, 2.75) is 0 Å². The lowest BCUT2D eigenvalue weighted by Crippen LogP contribution is -2.12. The lowest BCUT2D eigenvalue weighted by Gasteiger charge is -2.07. The molecule has 29 heavy (non-hydrogen) atoms. The minimum Gasteiger partial charge on any atom is -0.306 e. The van der Waals surface area contributed by atoms with Gasteiger partial charge in [-0.15, -0.1) is 5.10 Å². The minimum atomic E-state index is -0.269. The van der Waals surface area contributed by atoms with Crippen molar-refractivity contribution < 1.29 is 4.79 Å². The lowest BCUT2D eigenvalue weighted by atomic mass is 10.1. The van der Waals surface area contributed by atoms with E-state index >= 15 is 0 Å². The molecular formula is C19H12ClN7OS. The van der Waals surface area contributed by atoms with Crippen molar-refractivity contribution in [2.24, 2.45) is 0 Å². The Morgan fingerprint density at radius 3 is 2.55 bits per heavy atom. The quantitative estimate of drug-likeness (QED) is 0.378. The molecule has 3 N–H and O–H groups in total. The number of aromatic nitrogens is 6. The van der Waals surface area contributed by atoms with Gasteiger partial charge >= 0.3 is 0 Å². The Kier molecular flexibility index (Phi) is 4.11. The van der Waals surface area contributed by atoms with E-state index in [0.717, 1.165) is 5.56 Å². The minimum absolute atomic E-state index is 0.269. The SMILES string of the molecule is O=C(Nc1[nH]nc2c1c(-c1ccc(Cl)cc1)nc1n[nH]c(=S)n12)c1ccccc1. The molecular weight excluding hydrogens is 410 g/mol. The summed E-state index contributed by atoms with van der Waals surface area (Å²) in [7, 11) is 0. The van der Waals surface area contributed by atoms with Crippen LogP contribution < -0.4 is 5.32 Å². The summed E-state index contributed by atoms with van der Waals surface area (Å²) in [5, 5.41) is 18.2. The summed E-state index contributed by atoms with van der Waals surface area (Å²) in [6.07, 6.45) is 0. The second kappa shape index (κ2) is 6.80. The maximum absolute atomic E-state index is 12.7. The molecule has 0 aliphatic rings. The first-order valence-corrected chi connectivity index (χ1v) is 9.38. The zero-order valence-corrected chi connectivity index (χ0v) is 16.3. The second-order valence-electron chi connectivity index (χ2n) is 6.25. The van der Waals surface area contributed by atoms with Crippen LogP contribution in [0.25, 0.3) is 28.1 Å². The molecule has 1 amide bonds. The molecule has 0 spiro atoms. The summed E-state index contributed by atoms with van der Waals surface area (Å²) in [5.74, 6) is 0.519. The van der Waals surface area contributed by atoms with Gasteiger partial charge in [-0.3, -0.25) is 9.89 Å². The van der Waals surface area contributed by atoms with Crippen LogP contribution in [0.1, 0.15) is 10.4 Å². The highest BCUT2D eigenvalue weighted by Crippen LogP contribution is 2.32. The number of H-pyrrole nitrogens is 2. The van der Waals surface area contributed by atoms with Crippen molar-refractivity contribution in [3.05, 3.63) is 70.0 Å². The Morgan fingerprint density at radius 1 is 1.03 bits per heavy atom. The number of rotatable bonds is 3. The maximum atomic E-state index is 12.7. The number of anilines is 1. The van der Waals surface area contributed by atoms with E-state index < -0.39 is 0 Å². The van der Waals surface area contributed by atoms with Gasteiger partial charge in [0.1, 0.15) is 5.82 Å². The van der Waals surface area contributed by atoms with E-state index in [2.05, 4.69) is 30.7 Å². The summed E-state index contributed by atoms with van der Waals surface area (Å²) < 4.78 is 1.96. The molecule has 0 saturated carbocycles. The van der Waals surface area contributed by atoms with E-state index in [1.165, 1.54) is 0 Å². The molecule has 8 nitrogen and oxygen atoms in total. The Balaban J connectivity index is 1.74. The van der Waals surface area contributed by atoms with E-state index in [9.17, 15) is 4.79 Å². The number of carbonyl (C=O) groups excluding carboxylic acids is 1. The van der Waals surface area contributed by atoms with E-state index in [0.29, 0.717) is 43.7 Å². The maximum Gasteiger partial charge on any atom is 0.256 e. The molecule has 0 aliphatic carbocycles. The summed E-state index contributed by atoms with van der Waals surface area (Å²) in [5.41, 5.74) is 2.42. The smallest absolute Gasteiger partial charge is 0.256 e. The molecule has 142 valence electrons. The van der Waals surface area contributed by atoms with Crippen molar-refractivity contribution in [3.8, 4) is 11.3 Å². The molecule has 3 aromatic heterocycles. The molecule has 10 heteroatoms. The number of carbonyl (C=O) groups is 1. The van der Waals surface area contributed by atoms with Crippen LogP contribution in [-0.4, -0.2) is 35.7 Å². The zero-order chi connectivity index (χ0) is 20.0. The summed E-state index contributed by atoms with van der Waals surface area (Å²) in [6, 6.07) is 16.1. The molecule has 0 unspecified atom stereocenters. The highest BCUT2D eigenvalue weighted by molar-refractivity contribution is 7.71.